The van der Waals surface area contributed by atoms with E-state index in [1.54, 1.807) is 12.1 Å². The van der Waals surface area contributed by atoms with E-state index in [-0.39, 0.29) is 12.5 Å². The van der Waals surface area contributed by atoms with E-state index in [0.717, 1.165) is 0 Å². The average molecular weight is 309 g/mol. The highest BCUT2D eigenvalue weighted by Crippen LogP contribution is 2.38. The van der Waals surface area contributed by atoms with Crippen molar-refractivity contribution in [3.05, 3.63) is 23.8 Å². The Kier molecular flexibility index (Phi) is 6.75. The number of carbonyl (C=O) groups excluding carboxylic acids is 2. The molecule has 0 fully saturated rings. The summed E-state index contributed by atoms with van der Waals surface area (Å²) in [5, 5.41) is 2.35. The van der Waals surface area contributed by atoms with Crippen LogP contribution in [-0.2, 0) is 14.3 Å². The van der Waals surface area contributed by atoms with Gasteiger partial charge >= 0.3 is 5.97 Å². The molecule has 0 saturated carbocycles. The first-order valence-electron chi connectivity index (χ1n) is 6.41. The molecule has 0 heterocycles. The van der Waals surface area contributed by atoms with E-state index in [4.69, 9.17) is 18.9 Å². The summed E-state index contributed by atoms with van der Waals surface area (Å²) in [6.45, 7) is -0.324. The zero-order valence-electron chi connectivity index (χ0n) is 13.0. The number of hydrogen-bond donors (Lipinski definition) is 1. The maximum atomic E-state index is 11.5. The van der Waals surface area contributed by atoms with E-state index < -0.39 is 5.97 Å². The first-order chi connectivity index (χ1) is 10.5. The van der Waals surface area contributed by atoms with Crippen LogP contribution in [0.2, 0.25) is 0 Å². The third kappa shape index (κ3) is 4.69. The van der Waals surface area contributed by atoms with Crippen molar-refractivity contribution in [3.63, 3.8) is 0 Å². The summed E-state index contributed by atoms with van der Waals surface area (Å²) in [5.74, 6) is 0.400. The van der Waals surface area contributed by atoms with Gasteiger partial charge in [-0.2, -0.15) is 0 Å². The minimum absolute atomic E-state index is 0.324. The number of ether oxygens (including phenoxy) is 4. The van der Waals surface area contributed by atoms with Crippen molar-refractivity contribution in [1.82, 2.24) is 5.32 Å². The Balaban J connectivity index is 2.86. The van der Waals surface area contributed by atoms with Crippen LogP contribution in [0.1, 0.15) is 5.56 Å². The Labute approximate surface area is 128 Å². The molecule has 1 aromatic rings. The summed E-state index contributed by atoms with van der Waals surface area (Å²) in [4.78, 5) is 22.5. The second kappa shape index (κ2) is 8.56. The minimum atomic E-state index is -0.627. The number of rotatable bonds is 7. The number of benzene rings is 1. The van der Waals surface area contributed by atoms with Gasteiger partial charge in [-0.15, -0.1) is 0 Å². The van der Waals surface area contributed by atoms with Gasteiger partial charge in [0.15, 0.2) is 18.1 Å². The maximum absolute atomic E-state index is 11.5. The van der Waals surface area contributed by atoms with Crippen molar-refractivity contribution in [2.75, 3.05) is 35.0 Å². The molecule has 0 radical (unpaired) electrons. The molecule has 0 aliphatic heterocycles. The van der Waals surface area contributed by atoms with Crippen molar-refractivity contribution in [1.29, 1.82) is 0 Å². The zero-order valence-corrected chi connectivity index (χ0v) is 13.0. The monoisotopic (exact) mass is 309 g/mol. The lowest BCUT2D eigenvalue weighted by atomic mass is 10.1. The van der Waals surface area contributed by atoms with Crippen LogP contribution in [0.4, 0.5) is 0 Å². The predicted molar refractivity (Wildman–Crippen MR) is 80.2 cm³/mol. The summed E-state index contributed by atoms with van der Waals surface area (Å²) >= 11 is 0. The zero-order chi connectivity index (χ0) is 16.5. The lowest BCUT2D eigenvalue weighted by Crippen LogP contribution is -2.24. The maximum Gasteiger partial charge on any atom is 0.331 e. The van der Waals surface area contributed by atoms with Crippen molar-refractivity contribution in [3.8, 4) is 17.2 Å². The summed E-state index contributed by atoms with van der Waals surface area (Å²) in [5.41, 5.74) is 0.659. The Morgan fingerprint density at radius 3 is 2.14 bits per heavy atom. The number of hydrogen-bond acceptors (Lipinski definition) is 6. The predicted octanol–water partition coefficient (Wildman–Crippen LogP) is 1.01. The van der Waals surface area contributed by atoms with Gasteiger partial charge in [0.2, 0.25) is 5.75 Å². The van der Waals surface area contributed by atoms with E-state index in [1.807, 2.05) is 0 Å². The molecule has 1 rings (SSSR count). The van der Waals surface area contributed by atoms with E-state index in [9.17, 15) is 9.59 Å². The summed E-state index contributed by atoms with van der Waals surface area (Å²) in [6.07, 6.45) is 2.74. The Morgan fingerprint density at radius 2 is 1.68 bits per heavy atom. The van der Waals surface area contributed by atoms with Gasteiger partial charge in [0, 0.05) is 13.1 Å². The Morgan fingerprint density at radius 1 is 1.09 bits per heavy atom. The van der Waals surface area contributed by atoms with Crippen LogP contribution in [0.25, 0.3) is 6.08 Å². The molecule has 0 unspecified atom stereocenters. The summed E-state index contributed by atoms with van der Waals surface area (Å²) in [6, 6.07) is 3.37. The molecule has 0 aliphatic carbocycles. The van der Waals surface area contributed by atoms with Gasteiger partial charge in [0.1, 0.15) is 0 Å². The van der Waals surface area contributed by atoms with Gasteiger partial charge in [-0.3, -0.25) is 4.79 Å². The molecule has 22 heavy (non-hydrogen) atoms. The molecule has 0 aliphatic rings. The number of esters is 1. The van der Waals surface area contributed by atoms with Crippen LogP contribution in [-0.4, -0.2) is 46.9 Å². The molecule has 0 aromatic heterocycles. The fourth-order valence-corrected chi connectivity index (χ4v) is 1.62. The van der Waals surface area contributed by atoms with Crippen LogP contribution < -0.4 is 19.5 Å². The number of nitrogens with one attached hydrogen (secondary N) is 1. The van der Waals surface area contributed by atoms with Gasteiger partial charge in [-0.05, 0) is 23.8 Å². The van der Waals surface area contributed by atoms with E-state index in [0.29, 0.717) is 22.8 Å². The number of methoxy groups -OCH3 is 3. The topological polar surface area (TPSA) is 83.1 Å². The molecule has 1 amide bonds. The molecule has 1 N–H and O–H groups in total. The molecule has 120 valence electrons. The molecule has 0 atom stereocenters. The number of amides is 1. The fourth-order valence-electron chi connectivity index (χ4n) is 1.62. The van der Waals surface area contributed by atoms with Gasteiger partial charge in [-0.25, -0.2) is 4.79 Å². The lowest BCUT2D eigenvalue weighted by Gasteiger charge is -2.12. The van der Waals surface area contributed by atoms with Gasteiger partial charge in [0.05, 0.1) is 21.3 Å². The van der Waals surface area contributed by atoms with Gasteiger partial charge in [0.25, 0.3) is 5.91 Å². The first kappa shape index (κ1) is 17.4. The highest BCUT2D eigenvalue weighted by molar-refractivity contribution is 5.89. The quantitative estimate of drug-likeness (QED) is 0.598. The SMILES string of the molecule is CNC(=O)COC(=O)/C=C/c1cc(OC)c(OC)c(OC)c1. The van der Waals surface area contributed by atoms with Crippen LogP contribution in [0.15, 0.2) is 18.2 Å². The molecule has 0 spiro atoms. The van der Waals surface area contributed by atoms with Crippen molar-refractivity contribution >= 4 is 18.0 Å². The highest BCUT2D eigenvalue weighted by atomic mass is 16.5. The second-order valence-electron chi connectivity index (χ2n) is 4.07. The van der Waals surface area contributed by atoms with Crippen LogP contribution in [0.5, 0.6) is 17.2 Å². The van der Waals surface area contributed by atoms with Crippen molar-refractivity contribution in [2.24, 2.45) is 0 Å². The van der Waals surface area contributed by atoms with Crippen LogP contribution in [0, 0.1) is 0 Å². The molecular weight excluding hydrogens is 290 g/mol. The smallest absolute Gasteiger partial charge is 0.331 e. The molecule has 7 heteroatoms. The summed E-state index contributed by atoms with van der Waals surface area (Å²) < 4.78 is 20.4. The first-order valence-corrected chi connectivity index (χ1v) is 6.41. The molecule has 0 bridgehead atoms. The standard InChI is InChI=1S/C15H19NO6/c1-16-13(17)9-22-14(18)6-5-10-7-11(19-2)15(21-4)12(8-10)20-3/h5-8H,9H2,1-4H3,(H,16,17)/b6-5+. The second-order valence-corrected chi connectivity index (χ2v) is 4.07. The van der Waals surface area contributed by atoms with E-state index in [1.165, 1.54) is 40.5 Å². The van der Waals surface area contributed by atoms with Gasteiger partial charge < -0.3 is 24.3 Å². The fraction of sp³-hybridized carbons (Fsp3) is 0.333. The largest absolute Gasteiger partial charge is 0.493 e. The molecule has 0 saturated heterocycles. The normalized spacial score (nSPS) is 10.2. The number of carbonyl (C=O) groups is 2. The molecule has 7 nitrogen and oxygen atoms in total. The Hall–Kier alpha value is -2.70. The van der Waals surface area contributed by atoms with Crippen LogP contribution in [0.3, 0.4) is 0 Å². The van der Waals surface area contributed by atoms with Crippen LogP contribution >= 0.6 is 0 Å². The molecular formula is C15H19NO6. The summed E-state index contributed by atoms with van der Waals surface area (Å²) in [7, 11) is 5.97. The highest BCUT2D eigenvalue weighted by Gasteiger charge is 2.12. The lowest BCUT2D eigenvalue weighted by molar-refractivity contribution is -0.143. The Bertz CT molecular complexity index is 542. The minimum Gasteiger partial charge on any atom is -0.493 e. The van der Waals surface area contributed by atoms with E-state index in [2.05, 4.69) is 5.32 Å². The molecule has 1 aromatic carbocycles. The van der Waals surface area contributed by atoms with Crippen molar-refractivity contribution < 1.29 is 28.5 Å². The van der Waals surface area contributed by atoms with E-state index >= 15 is 0 Å². The average Bonchev–Trinajstić information content (AvgIpc) is 2.56. The van der Waals surface area contributed by atoms with Crippen molar-refractivity contribution in [2.45, 2.75) is 0 Å². The third-order valence-electron chi connectivity index (χ3n) is 2.72. The third-order valence-corrected chi connectivity index (χ3v) is 2.72. The number of likely N-dealkylation sites (N-methyl/N-ethyl adjacent to an activating group) is 1. The van der Waals surface area contributed by atoms with Gasteiger partial charge in [-0.1, -0.05) is 0 Å².